The summed E-state index contributed by atoms with van der Waals surface area (Å²) in [6.07, 6.45) is 1.73. The zero-order valence-electron chi connectivity index (χ0n) is 10.3. The Labute approximate surface area is 109 Å². The monoisotopic (exact) mass is 265 g/mol. The van der Waals surface area contributed by atoms with Crippen LogP contribution in [-0.4, -0.2) is 40.7 Å². The number of nitrogens with zero attached hydrogens (tertiary/aromatic N) is 1. The van der Waals surface area contributed by atoms with Gasteiger partial charge in [0.2, 0.25) is 5.91 Å². The fourth-order valence-electron chi connectivity index (χ4n) is 1.90. The third-order valence-electron chi connectivity index (χ3n) is 3.00. The van der Waals surface area contributed by atoms with Crippen molar-refractivity contribution in [1.29, 1.82) is 0 Å². The van der Waals surface area contributed by atoms with Crippen molar-refractivity contribution in [3.8, 4) is 0 Å². The minimum Gasteiger partial charge on any atom is -0.479 e. The lowest BCUT2D eigenvalue weighted by molar-refractivity contribution is -0.147. The van der Waals surface area contributed by atoms with Gasteiger partial charge in [-0.05, 0) is 12.1 Å². The molecule has 1 fully saturated rings. The molecule has 0 aromatic carbocycles. The summed E-state index contributed by atoms with van der Waals surface area (Å²) < 4.78 is 5.06. The number of carbonyl (C=O) groups excluding carboxylic acids is 1. The molecular weight excluding hydrogens is 250 g/mol. The second-order valence-electron chi connectivity index (χ2n) is 4.50. The number of hydrogen-bond donors (Lipinski definition) is 3. The van der Waals surface area contributed by atoms with E-state index in [-0.39, 0.29) is 19.4 Å². The standard InChI is InChI=1S/C12H15N3O4/c13-8-1-2-9(14-6-8)5-10(16)15-12(11(17)18)3-4-19-7-12/h1-2,6H,3-5,7,13H2,(H,15,16)(H,17,18). The average Bonchev–Trinajstić information content (AvgIpc) is 2.82. The molecule has 0 saturated carbocycles. The van der Waals surface area contributed by atoms with Crippen LogP contribution in [0.2, 0.25) is 0 Å². The highest BCUT2D eigenvalue weighted by Gasteiger charge is 2.43. The number of nitrogens with two attached hydrogens (primary N) is 1. The van der Waals surface area contributed by atoms with Gasteiger partial charge in [0.15, 0.2) is 5.54 Å². The molecule has 1 saturated heterocycles. The van der Waals surface area contributed by atoms with E-state index >= 15 is 0 Å². The highest BCUT2D eigenvalue weighted by atomic mass is 16.5. The number of carboxylic acid groups (broad SMARTS) is 1. The van der Waals surface area contributed by atoms with Crippen molar-refractivity contribution in [2.75, 3.05) is 18.9 Å². The summed E-state index contributed by atoms with van der Waals surface area (Å²) in [7, 11) is 0. The van der Waals surface area contributed by atoms with E-state index in [1.807, 2.05) is 0 Å². The summed E-state index contributed by atoms with van der Waals surface area (Å²) in [5.74, 6) is -1.48. The van der Waals surface area contributed by atoms with Gasteiger partial charge >= 0.3 is 5.97 Å². The number of ether oxygens (including phenoxy) is 1. The summed E-state index contributed by atoms with van der Waals surface area (Å²) in [4.78, 5) is 27.1. The molecule has 1 aliphatic rings. The number of aromatic nitrogens is 1. The van der Waals surface area contributed by atoms with E-state index in [4.69, 9.17) is 10.5 Å². The van der Waals surface area contributed by atoms with Crippen LogP contribution >= 0.6 is 0 Å². The number of carbonyl (C=O) groups is 2. The largest absolute Gasteiger partial charge is 0.479 e. The molecule has 2 rings (SSSR count). The Morgan fingerprint density at radius 1 is 1.53 bits per heavy atom. The molecule has 1 aromatic rings. The van der Waals surface area contributed by atoms with Crippen LogP contribution in [0.25, 0.3) is 0 Å². The Hall–Kier alpha value is -2.15. The maximum Gasteiger partial charge on any atom is 0.331 e. The Morgan fingerprint density at radius 2 is 2.32 bits per heavy atom. The van der Waals surface area contributed by atoms with E-state index in [9.17, 15) is 14.7 Å². The predicted molar refractivity (Wildman–Crippen MR) is 66.3 cm³/mol. The van der Waals surface area contributed by atoms with E-state index in [2.05, 4.69) is 10.3 Å². The van der Waals surface area contributed by atoms with Crippen molar-refractivity contribution in [2.24, 2.45) is 0 Å². The quantitative estimate of drug-likeness (QED) is 0.680. The lowest BCUT2D eigenvalue weighted by Crippen LogP contribution is -2.55. The third-order valence-corrected chi connectivity index (χ3v) is 3.00. The van der Waals surface area contributed by atoms with E-state index < -0.39 is 17.4 Å². The minimum atomic E-state index is -1.31. The van der Waals surface area contributed by atoms with Crippen LogP contribution in [0.3, 0.4) is 0 Å². The normalized spacial score (nSPS) is 22.1. The van der Waals surface area contributed by atoms with E-state index in [0.717, 1.165) is 0 Å². The molecule has 1 atom stereocenters. The molecule has 19 heavy (non-hydrogen) atoms. The van der Waals surface area contributed by atoms with Crippen molar-refractivity contribution in [3.05, 3.63) is 24.0 Å². The van der Waals surface area contributed by atoms with Crippen molar-refractivity contribution in [1.82, 2.24) is 10.3 Å². The van der Waals surface area contributed by atoms with Gasteiger partial charge in [-0.25, -0.2) is 4.79 Å². The van der Waals surface area contributed by atoms with Gasteiger partial charge < -0.3 is 20.9 Å². The van der Waals surface area contributed by atoms with Gasteiger partial charge in [-0.2, -0.15) is 0 Å². The number of pyridine rings is 1. The number of hydrogen-bond acceptors (Lipinski definition) is 5. The summed E-state index contributed by atoms with van der Waals surface area (Å²) in [5, 5.41) is 11.7. The van der Waals surface area contributed by atoms with Gasteiger partial charge in [0.1, 0.15) is 0 Å². The van der Waals surface area contributed by atoms with Crippen molar-refractivity contribution in [3.63, 3.8) is 0 Å². The molecular formula is C12H15N3O4. The minimum absolute atomic E-state index is 0.00924. The van der Waals surface area contributed by atoms with E-state index in [0.29, 0.717) is 18.0 Å². The fourth-order valence-corrected chi connectivity index (χ4v) is 1.90. The SMILES string of the molecule is Nc1ccc(CC(=O)NC2(C(=O)O)CCOC2)nc1. The summed E-state index contributed by atoms with van der Waals surface area (Å²) in [6.45, 7) is 0.315. The molecule has 7 heteroatoms. The number of anilines is 1. The van der Waals surface area contributed by atoms with Crippen LogP contribution in [-0.2, 0) is 20.7 Å². The first-order valence-electron chi connectivity index (χ1n) is 5.84. The van der Waals surface area contributed by atoms with Crippen LogP contribution in [0.1, 0.15) is 12.1 Å². The number of aliphatic carboxylic acids is 1. The molecule has 2 heterocycles. The van der Waals surface area contributed by atoms with Crippen molar-refractivity contribution < 1.29 is 19.4 Å². The van der Waals surface area contributed by atoms with Crippen molar-refractivity contribution >= 4 is 17.6 Å². The second kappa shape index (κ2) is 5.23. The molecule has 0 bridgehead atoms. The number of nitrogen functional groups attached to an aromatic ring is 1. The Morgan fingerprint density at radius 3 is 2.84 bits per heavy atom. The molecule has 4 N–H and O–H groups in total. The van der Waals surface area contributed by atoms with Gasteiger partial charge in [-0.1, -0.05) is 0 Å². The summed E-state index contributed by atoms with van der Waals surface area (Å²) in [6, 6.07) is 3.27. The first-order chi connectivity index (χ1) is 9.02. The molecule has 1 aromatic heterocycles. The molecule has 1 aliphatic heterocycles. The third kappa shape index (κ3) is 3.00. The number of amides is 1. The summed E-state index contributed by atoms with van der Waals surface area (Å²) >= 11 is 0. The van der Waals surface area contributed by atoms with Gasteiger partial charge in [-0.3, -0.25) is 9.78 Å². The molecule has 7 nitrogen and oxygen atoms in total. The predicted octanol–water partition coefficient (Wildman–Crippen LogP) is -0.434. The fraction of sp³-hybridized carbons (Fsp3) is 0.417. The molecule has 0 radical (unpaired) electrons. The van der Waals surface area contributed by atoms with Gasteiger partial charge in [0.05, 0.1) is 24.9 Å². The van der Waals surface area contributed by atoms with Gasteiger partial charge in [-0.15, -0.1) is 0 Å². The molecule has 1 unspecified atom stereocenters. The first kappa shape index (κ1) is 13.3. The number of carboxylic acids is 1. The van der Waals surface area contributed by atoms with E-state index in [1.165, 1.54) is 6.20 Å². The van der Waals surface area contributed by atoms with Crippen molar-refractivity contribution in [2.45, 2.75) is 18.4 Å². The maximum absolute atomic E-state index is 11.9. The average molecular weight is 265 g/mol. The first-order valence-corrected chi connectivity index (χ1v) is 5.84. The van der Waals surface area contributed by atoms with Gasteiger partial charge in [0, 0.05) is 18.7 Å². The van der Waals surface area contributed by atoms with Crippen LogP contribution in [0.5, 0.6) is 0 Å². The van der Waals surface area contributed by atoms with Crippen LogP contribution in [0, 0.1) is 0 Å². The Kier molecular flexibility index (Phi) is 3.66. The van der Waals surface area contributed by atoms with E-state index in [1.54, 1.807) is 12.1 Å². The zero-order chi connectivity index (χ0) is 13.9. The zero-order valence-corrected chi connectivity index (χ0v) is 10.3. The summed E-state index contributed by atoms with van der Waals surface area (Å²) in [5.41, 5.74) is 5.22. The molecule has 102 valence electrons. The topological polar surface area (TPSA) is 115 Å². The van der Waals surface area contributed by atoms with Crippen LogP contribution in [0.4, 0.5) is 5.69 Å². The Bertz CT molecular complexity index is 480. The Balaban J connectivity index is 2.00. The molecule has 0 spiro atoms. The molecule has 0 aliphatic carbocycles. The van der Waals surface area contributed by atoms with Crippen LogP contribution in [0.15, 0.2) is 18.3 Å². The smallest absolute Gasteiger partial charge is 0.331 e. The number of nitrogens with one attached hydrogen (secondary N) is 1. The molecule has 1 amide bonds. The highest BCUT2D eigenvalue weighted by Crippen LogP contribution is 2.19. The highest BCUT2D eigenvalue weighted by molar-refractivity contribution is 5.88. The second-order valence-corrected chi connectivity index (χ2v) is 4.50. The maximum atomic E-state index is 11.9. The lowest BCUT2D eigenvalue weighted by Gasteiger charge is -2.23. The lowest BCUT2D eigenvalue weighted by atomic mass is 9.98. The van der Waals surface area contributed by atoms with Gasteiger partial charge in [0.25, 0.3) is 0 Å². The van der Waals surface area contributed by atoms with Crippen LogP contribution < -0.4 is 11.1 Å². The number of rotatable bonds is 4.